The van der Waals surface area contributed by atoms with E-state index in [1.54, 1.807) is 38.1 Å². The average molecular weight is 640 g/mol. The lowest BCUT2D eigenvalue weighted by atomic mass is 9.81. The number of nitrogens with one attached hydrogen (secondary N) is 1. The zero-order valence-electron chi connectivity index (χ0n) is 24.1. The third-order valence-corrected chi connectivity index (χ3v) is 9.19. The van der Waals surface area contributed by atoms with Crippen molar-refractivity contribution in [3.8, 4) is 22.8 Å². The van der Waals surface area contributed by atoms with Crippen LogP contribution in [-0.4, -0.2) is 47.2 Å². The fraction of sp³-hybridized carbons (Fsp3) is 0.312. The summed E-state index contributed by atoms with van der Waals surface area (Å²) in [7, 11) is 1.49. The molecule has 2 aromatic heterocycles. The van der Waals surface area contributed by atoms with E-state index in [1.165, 1.54) is 25.3 Å². The molecule has 3 heterocycles. The van der Waals surface area contributed by atoms with Gasteiger partial charge in [0.1, 0.15) is 46.1 Å². The number of nitrogens with two attached hydrogens (primary N) is 1. The molecule has 1 unspecified atom stereocenters. The molecule has 2 amide bonds. The lowest BCUT2D eigenvalue weighted by molar-refractivity contribution is -0.123. The third-order valence-electron chi connectivity index (χ3n) is 8.52. The van der Waals surface area contributed by atoms with E-state index in [4.69, 9.17) is 43.4 Å². The smallest absolute Gasteiger partial charge is 0.251 e. The molecule has 1 aliphatic carbocycles. The summed E-state index contributed by atoms with van der Waals surface area (Å²) in [6.45, 7) is 3.21. The van der Waals surface area contributed by atoms with Gasteiger partial charge in [0.25, 0.3) is 5.91 Å². The van der Waals surface area contributed by atoms with Crippen LogP contribution >= 0.6 is 23.2 Å². The van der Waals surface area contributed by atoms with Crippen molar-refractivity contribution in [1.82, 2.24) is 15.3 Å². The number of aromatic nitrogens is 2. The molecule has 2 aliphatic rings. The number of primary amides is 1. The highest BCUT2D eigenvalue weighted by molar-refractivity contribution is 6.32. The van der Waals surface area contributed by atoms with Crippen LogP contribution in [-0.2, 0) is 15.8 Å². The minimum absolute atomic E-state index is 0.0362. The van der Waals surface area contributed by atoms with E-state index in [1.807, 2.05) is 0 Å². The molecule has 12 heteroatoms. The van der Waals surface area contributed by atoms with Gasteiger partial charge in [-0.3, -0.25) is 9.59 Å². The molecule has 1 fully saturated rings. The minimum Gasteiger partial charge on any atom is -0.494 e. The molecule has 4 N–H and O–H groups in total. The molecule has 0 saturated heterocycles. The van der Waals surface area contributed by atoms with Gasteiger partial charge in [-0.25, -0.2) is 14.4 Å². The number of pyridine rings is 2. The molecule has 228 valence electrons. The first-order valence-electron chi connectivity index (χ1n) is 14.0. The average Bonchev–Trinajstić information content (AvgIpc) is 3.80. The van der Waals surface area contributed by atoms with Crippen molar-refractivity contribution < 1.29 is 28.6 Å². The van der Waals surface area contributed by atoms with E-state index >= 15 is 0 Å². The van der Waals surface area contributed by atoms with Gasteiger partial charge in [-0.15, -0.1) is 0 Å². The number of hydrogen-bond acceptors (Lipinski definition) is 7. The number of halogens is 3. The Balaban J connectivity index is 1.40. The quantitative estimate of drug-likeness (QED) is 0.241. The van der Waals surface area contributed by atoms with Crippen LogP contribution in [0.5, 0.6) is 11.5 Å². The van der Waals surface area contributed by atoms with Crippen LogP contribution in [0.3, 0.4) is 0 Å². The van der Waals surface area contributed by atoms with Crippen LogP contribution in [0.2, 0.25) is 10.0 Å². The van der Waals surface area contributed by atoms with Crippen LogP contribution in [0.25, 0.3) is 22.2 Å². The predicted molar refractivity (Wildman–Crippen MR) is 164 cm³/mol. The van der Waals surface area contributed by atoms with Crippen molar-refractivity contribution in [2.75, 3.05) is 20.3 Å². The molecule has 0 spiro atoms. The van der Waals surface area contributed by atoms with Crippen LogP contribution in [0.4, 0.5) is 4.39 Å². The van der Waals surface area contributed by atoms with Gasteiger partial charge >= 0.3 is 0 Å². The zero-order chi connectivity index (χ0) is 31.6. The van der Waals surface area contributed by atoms with Crippen molar-refractivity contribution in [2.24, 2.45) is 11.7 Å². The largest absolute Gasteiger partial charge is 0.494 e. The standard InChI is InChI=1S/C32H29Cl2FN4O5/c1-15-21(33)10-17-8-18(11-24(43-3)26(17)38-15)29(40)37-13-32(42,19-5-6-19)25-12-20-28(44-14-31(20,2)30(36)41)27(39-25)16-4-7-23(35)22(34)9-16/h4,7-12,19,42H,5-6,13-14H2,1-3H3,(H2,36,41)(H,37,40)/t31-,32?/m0/s1. The normalized spacial score (nSPS) is 18.8. The van der Waals surface area contributed by atoms with Gasteiger partial charge in [-0.05, 0) is 75.1 Å². The monoisotopic (exact) mass is 638 g/mol. The van der Waals surface area contributed by atoms with Crippen molar-refractivity contribution in [1.29, 1.82) is 0 Å². The molecule has 2 aromatic carbocycles. The van der Waals surface area contributed by atoms with Crippen molar-refractivity contribution >= 4 is 45.9 Å². The summed E-state index contributed by atoms with van der Waals surface area (Å²) in [6.07, 6.45) is 1.39. The van der Waals surface area contributed by atoms with E-state index in [9.17, 15) is 19.1 Å². The Morgan fingerprint density at radius 2 is 1.93 bits per heavy atom. The lowest BCUT2D eigenvalue weighted by Crippen LogP contribution is -2.44. The van der Waals surface area contributed by atoms with E-state index < -0.39 is 28.6 Å². The molecule has 1 saturated carbocycles. The van der Waals surface area contributed by atoms with Gasteiger partial charge in [0.05, 0.1) is 35.1 Å². The van der Waals surface area contributed by atoms with Gasteiger partial charge in [0, 0.05) is 22.1 Å². The summed E-state index contributed by atoms with van der Waals surface area (Å²) >= 11 is 12.4. The van der Waals surface area contributed by atoms with Crippen molar-refractivity contribution in [2.45, 2.75) is 37.7 Å². The Hall–Kier alpha value is -3.99. The fourth-order valence-electron chi connectivity index (χ4n) is 5.58. The first-order valence-corrected chi connectivity index (χ1v) is 14.7. The van der Waals surface area contributed by atoms with Crippen LogP contribution in [0.15, 0.2) is 42.5 Å². The summed E-state index contributed by atoms with van der Waals surface area (Å²) in [5.74, 6) is -1.21. The summed E-state index contributed by atoms with van der Waals surface area (Å²) in [5, 5.41) is 16.0. The van der Waals surface area contributed by atoms with Gasteiger partial charge < -0.3 is 25.6 Å². The Kier molecular flexibility index (Phi) is 7.42. The minimum atomic E-state index is -1.62. The Morgan fingerprint density at radius 1 is 1.18 bits per heavy atom. The van der Waals surface area contributed by atoms with E-state index in [0.717, 1.165) is 0 Å². The van der Waals surface area contributed by atoms with Crippen molar-refractivity contribution in [3.05, 3.63) is 80.8 Å². The number of rotatable bonds is 8. The Morgan fingerprint density at radius 3 is 2.59 bits per heavy atom. The number of nitrogens with zero attached hydrogens (tertiary/aromatic N) is 2. The first-order chi connectivity index (χ1) is 20.9. The fourth-order valence-corrected chi connectivity index (χ4v) is 5.92. The maximum absolute atomic E-state index is 14.0. The Bertz CT molecular complexity index is 1870. The highest BCUT2D eigenvalue weighted by Gasteiger charge is 2.50. The second-order valence-corrected chi connectivity index (χ2v) is 12.3. The first kappa shape index (κ1) is 30.1. The summed E-state index contributed by atoms with van der Waals surface area (Å²) < 4.78 is 25.5. The lowest BCUT2D eigenvalue weighted by Gasteiger charge is -2.30. The number of hydrogen-bond donors (Lipinski definition) is 3. The van der Waals surface area contributed by atoms with Gasteiger partial charge in [-0.1, -0.05) is 23.2 Å². The topological polar surface area (TPSA) is 137 Å². The van der Waals surface area contributed by atoms with Gasteiger partial charge in [0.15, 0.2) is 0 Å². The molecule has 0 bridgehead atoms. The SMILES string of the molecule is COc1cc(C(=O)NCC(O)(c2cc3c(c(-c4ccc(F)c(Cl)c4)n2)OC[C@]3(C)C(N)=O)C2CC2)cc2cc(Cl)c(C)nc12. The van der Waals surface area contributed by atoms with Gasteiger partial charge in [0.2, 0.25) is 5.91 Å². The van der Waals surface area contributed by atoms with Crippen LogP contribution in [0.1, 0.15) is 47.1 Å². The number of aryl methyl sites for hydroxylation is 1. The zero-order valence-corrected chi connectivity index (χ0v) is 25.6. The molecule has 4 aromatic rings. The molecule has 1 aliphatic heterocycles. The molecule has 44 heavy (non-hydrogen) atoms. The molecular weight excluding hydrogens is 610 g/mol. The number of benzene rings is 2. The molecule has 2 atom stereocenters. The maximum atomic E-state index is 14.0. The van der Waals surface area contributed by atoms with E-state index in [0.29, 0.717) is 57.1 Å². The van der Waals surface area contributed by atoms with Crippen LogP contribution < -0.4 is 20.5 Å². The molecule has 9 nitrogen and oxygen atoms in total. The molecule has 0 radical (unpaired) electrons. The number of carbonyl (C=O) groups is 2. The number of amides is 2. The van der Waals surface area contributed by atoms with E-state index in [2.05, 4.69) is 10.3 Å². The third kappa shape index (κ3) is 5.00. The molecule has 6 rings (SSSR count). The number of methoxy groups -OCH3 is 1. The second-order valence-electron chi connectivity index (χ2n) is 11.5. The summed E-state index contributed by atoms with van der Waals surface area (Å²) in [4.78, 5) is 35.4. The summed E-state index contributed by atoms with van der Waals surface area (Å²) in [5.41, 5.74) is 5.81. The number of ether oxygens (including phenoxy) is 2. The van der Waals surface area contributed by atoms with Crippen LogP contribution in [0, 0.1) is 18.7 Å². The summed E-state index contributed by atoms with van der Waals surface area (Å²) in [6, 6.07) is 10.7. The second kappa shape index (κ2) is 10.9. The van der Waals surface area contributed by atoms with Gasteiger partial charge in [-0.2, -0.15) is 0 Å². The Labute approximate surface area is 262 Å². The predicted octanol–water partition coefficient (Wildman–Crippen LogP) is 5.22. The number of aliphatic hydroxyl groups is 1. The number of carbonyl (C=O) groups excluding carboxylic acids is 2. The highest BCUT2D eigenvalue weighted by atomic mass is 35.5. The maximum Gasteiger partial charge on any atom is 0.251 e. The number of fused-ring (bicyclic) bond motifs is 2. The highest BCUT2D eigenvalue weighted by Crippen LogP contribution is 2.50. The van der Waals surface area contributed by atoms with Crippen molar-refractivity contribution in [3.63, 3.8) is 0 Å². The van der Waals surface area contributed by atoms with E-state index in [-0.39, 0.29) is 41.0 Å². The molecular formula is C32H29Cl2FN4O5.